The van der Waals surface area contributed by atoms with Gasteiger partial charge in [0.05, 0.1) is 6.04 Å². The topological polar surface area (TPSA) is 24.9 Å². The predicted molar refractivity (Wildman–Crippen MR) is 70.9 cm³/mol. The first-order valence-electron chi connectivity index (χ1n) is 6.22. The molecule has 2 aromatic rings. The highest BCUT2D eigenvalue weighted by atomic mass is 19.2. The van der Waals surface area contributed by atoms with Crippen molar-refractivity contribution in [3.63, 3.8) is 0 Å². The fourth-order valence-corrected chi connectivity index (χ4v) is 2.21. The summed E-state index contributed by atoms with van der Waals surface area (Å²) in [5.41, 5.74) is 2.82. The van der Waals surface area contributed by atoms with Crippen LogP contribution in [0.15, 0.2) is 36.7 Å². The second kappa shape index (κ2) is 5.89. The molecule has 0 spiro atoms. The number of nitrogens with zero attached hydrogens (tertiary/aromatic N) is 1. The highest BCUT2D eigenvalue weighted by molar-refractivity contribution is 5.36. The van der Waals surface area contributed by atoms with Gasteiger partial charge < -0.3 is 5.32 Å². The first kappa shape index (κ1) is 13.6. The highest BCUT2D eigenvalue weighted by Gasteiger charge is 2.16. The third-order valence-corrected chi connectivity index (χ3v) is 3.20. The molecule has 1 N–H and O–H groups in total. The van der Waals surface area contributed by atoms with E-state index in [0.29, 0.717) is 5.56 Å². The van der Waals surface area contributed by atoms with Crippen LogP contribution in [0.3, 0.4) is 0 Å². The maximum absolute atomic E-state index is 13.4. The summed E-state index contributed by atoms with van der Waals surface area (Å²) in [6.07, 6.45) is 4.35. The van der Waals surface area contributed by atoms with Crippen LogP contribution in [0.4, 0.5) is 8.78 Å². The molecule has 0 radical (unpaired) electrons. The van der Waals surface area contributed by atoms with Crippen molar-refractivity contribution in [1.82, 2.24) is 10.3 Å². The van der Waals surface area contributed by atoms with Crippen LogP contribution in [0.2, 0.25) is 0 Å². The van der Waals surface area contributed by atoms with Gasteiger partial charge in [0.15, 0.2) is 11.6 Å². The number of nitrogens with one attached hydrogen (secondary N) is 1. The van der Waals surface area contributed by atoms with Gasteiger partial charge in [-0.05, 0) is 48.4 Å². The standard InChI is InChI=1S/C15H16F2N2/c1-3-10-9-19-7-6-12(10)15(18-2)11-4-5-13(16)14(17)8-11/h4-9,15,18H,3H2,1-2H3. The fraction of sp³-hybridized carbons (Fsp3) is 0.267. The van der Waals surface area contributed by atoms with Crippen molar-refractivity contribution in [3.8, 4) is 0 Å². The third-order valence-electron chi connectivity index (χ3n) is 3.20. The number of aryl methyl sites for hydroxylation is 1. The van der Waals surface area contributed by atoms with Crippen LogP contribution in [-0.4, -0.2) is 12.0 Å². The van der Waals surface area contributed by atoms with E-state index in [9.17, 15) is 8.78 Å². The van der Waals surface area contributed by atoms with E-state index in [1.807, 2.05) is 13.0 Å². The van der Waals surface area contributed by atoms with Crippen molar-refractivity contribution in [2.45, 2.75) is 19.4 Å². The van der Waals surface area contributed by atoms with E-state index in [-0.39, 0.29) is 6.04 Å². The Balaban J connectivity index is 2.46. The molecule has 1 aromatic heterocycles. The van der Waals surface area contributed by atoms with Crippen LogP contribution >= 0.6 is 0 Å². The lowest BCUT2D eigenvalue weighted by atomic mass is 9.95. The smallest absolute Gasteiger partial charge is 0.159 e. The number of hydrogen-bond donors (Lipinski definition) is 1. The van der Waals surface area contributed by atoms with Gasteiger partial charge in [0, 0.05) is 12.4 Å². The Labute approximate surface area is 111 Å². The van der Waals surface area contributed by atoms with E-state index in [1.54, 1.807) is 25.5 Å². The van der Waals surface area contributed by atoms with E-state index in [1.165, 1.54) is 6.07 Å². The van der Waals surface area contributed by atoms with Crippen molar-refractivity contribution in [2.75, 3.05) is 7.05 Å². The zero-order valence-corrected chi connectivity index (χ0v) is 11.0. The summed E-state index contributed by atoms with van der Waals surface area (Å²) in [6.45, 7) is 2.04. The van der Waals surface area contributed by atoms with Crippen molar-refractivity contribution >= 4 is 0 Å². The van der Waals surface area contributed by atoms with E-state index in [2.05, 4.69) is 10.3 Å². The third kappa shape index (κ3) is 2.79. The molecule has 0 fully saturated rings. The van der Waals surface area contributed by atoms with Gasteiger partial charge in [-0.1, -0.05) is 13.0 Å². The molecular formula is C15H16F2N2. The summed E-state index contributed by atoms with van der Waals surface area (Å²) in [5, 5.41) is 3.14. The molecule has 100 valence electrons. The number of rotatable bonds is 4. The summed E-state index contributed by atoms with van der Waals surface area (Å²) in [5.74, 6) is -1.66. The number of aromatic nitrogens is 1. The molecule has 4 heteroatoms. The molecule has 0 bridgehead atoms. The van der Waals surface area contributed by atoms with Crippen molar-refractivity contribution < 1.29 is 8.78 Å². The number of halogens is 2. The van der Waals surface area contributed by atoms with Crippen LogP contribution in [0.1, 0.15) is 29.7 Å². The fourth-order valence-electron chi connectivity index (χ4n) is 2.21. The minimum absolute atomic E-state index is 0.173. The SMILES string of the molecule is CCc1cnccc1C(NC)c1ccc(F)c(F)c1. The van der Waals surface area contributed by atoms with Crippen LogP contribution in [0.5, 0.6) is 0 Å². The lowest BCUT2D eigenvalue weighted by molar-refractivity contribution is 0.505. The zero-order valence-electron chi connectivity index (χ0n) is 11.0. The molecule has 1 unspecified atom stereocenters. The van der Waals surface area contributed by atoms with Gasteiger partial charge in [-0.2, -0.15) is 0 Å². The van der Waals surface area contributed by atoms with Crippen molar-refractivity contribution in [2.24, 2.45) is 0 Å². The van der Waals surface area contributed by atoms with Crippen molar-refractivity contribution in [1.29, 1.82) is 0 Å². The van der Waals surface area contributed by atoms with Crippen molar-refractivity contribution in [3.05, 3.63) is 65.0 Å². The van der Waals surface area contributed by atoms with E-state index < -0.39 is 11.6 Å². The highest BCUT2D eigenvalue weighted by Crippen LogP contribution is 2.25. The summed E-state index contributed by atoms with van der Waals surface area (Å²) in [6, 6.07) is 5.71. The molecule has 2 rings (SSSR count). The van der Waals surface area contributed by atoms with Crippen LogP contribution in [0.25, 0.3) is 0 Å². The number of hydrogen-bond acceptors (Lipinski definition) is 2. The molecule has 1 heterocycles. The summed E-state index contributed by atoms with van der Waals surface area (Å²) >= 11 is 0. The molecule has 2 nitrogen and oxygen atoms in total. The van der Waals surface area contributed by atoms with E-state index in [0.717, 1.165) is 23.6 Å². The molecule has 0 aliphatic carbocycles. The average Bonchev–Trinajstić information content (AvgIpc) is 2.44. The van der Waals surface area contributed by atoms with Gasteiger partial charge >= 0.3 is 0 Å². The monoisotopic (exact) mass is 262 g/mol. The van der Waals surface area contributed by atoms with Crippen LogP contribution in [0, 0.1) is 11.6 Å². The molecule has 1 atom stereocenters. The Morgan fingerprint density at radius 2 is 2.00 bits per heavy atom. The Kier molecular flexibility index (Phi) is 4.22. The van der Waals surface area contributed by atoms with Gasteiger partial charge in [0.25, 0.3) is 0 Å². The minimum atomic E-state index is -0.830. The second-order valence-electron chi connectivity index (χ2n) is 4.32. The van der Waals surface area contributed by atoms with E-state index >= 15 is 0 Å². The van der Waals surface area contributed by atoms with Gasteiger partial charge in [-0.25, -0.2) is 8.78 Å². The maximum atomic E-state index is 13.4. The van der Waals surface area contributed by atoms with Gasteiger partial charge in [-0.15, -0.1) is 0 Å². The Hall–Kier alpha value is -1.81. The number of benzene rings is 1. The maximum Gasteiger partial charge on any atom is 0.159 e. The summed E-state index contributed by atoms with van der Waals surface area (Å²) in [4.78, 5) is 4.10. The van der Waals surface area contributed by atoms with Gasteiger partial charge in [0.1, 0.15) is 0 Å². The summed E-state index contributed by atoms with van der Waals surface area (Å²) < 4.78 is 26.4. The molecular weight excluding hydrogens is 246 g/mol. The van der Waals surface area contributed by atoms with Gasteiger partial charge in [0.2, 0.25) is 0 Å². The molecule has 0 aliphatic rings. The Morgan fingerprint density at radius 3 is 2.63 bits per heavy atom. The van der Waals surface area contributed by atoms with Crippen LogP contribution in [-0.2, 0) is 6.42 Å². The predicted octanol–water partition coefficient (Wildman–Crippen LogP) is 3.23. The van der Waals surface area contributed by atoms with E-state index in [4.69, 9.17) is 0 Å². The molecule has 0 saturated heterocycles. The average molecular weight is 262 g/mol. The normalized spacial score (nSPS) is 12.4. The molecule has 19 heavy (non-hydrogen) atoms. The largest absolute Gasteiger partial charge is 0.309 e. The Morgan fingerprint density at radius 1 is 1.21 bits per heavy atom. The molecule has 0 amide bonds. The molecule has 1 aromatic carbocycles. The number of pyridine rings is 1. The van der Waals surface area contributed by atoms with Crippen LogP contribution < -0.4 is 5.32 Å². The second-order valence-corrected chi connectivity index (χ2v) is 4.32. The zero-order chi connectivity index (χ0) is 13.8. The van der Waals surface area contributed by atoms with Gasteiger partial charge in [-0.3, -0.25) is 4.98 Å². The molecule has 0 saturated carbocycles. The quantitative estimate of drug-likeness (QED) is 0.915. The Bertz CT molecular complexity index is 570. The summed E-state index contributed by atoms with van der Waals surface area (Å²) in [7, 11) is 1.80. The lowest BCUT2D eigenvalue weighted by Gasteiger charge is -2.20. The lowest BCUT2D eigenvalue weighted by Crippen LogP contribution is -2.19. The first-order valence-corrected chi connectivity index (χ1v) is 6.22. The minimum Gasteiger partial charge on any atom is -0.309 e. The molecule has 0 aliphatic heterocycles. The first-order chi connectivity index (χ1) is 9.17.